The zero-order valence-electron chi connectivity index (χ0n) is 11.1. The van der Waals surface area contributed by atoms with Crippen molar-refractivity contribution < 1.29 is 24.2 Å². The van der Waals surface area contributed by atoms with Crippen LogP contribution in [-0.2, 0) is 16.0 Å². The van der Waals surface area contributed by atoms with E-state index in [0.717, 1.165) is 0 Å². The highest BCUT2D eigenvalue weighted by molar-refractivity contribution is 5.93. The maximum absolute atomic E-state index is 11.5. The van der Waals surface area contributed by atoms with E-state index in [9.17, 15) is 14.7 Å². The Hall–Kier alpha value is -2.30. The van der Waals surface area contributed by atoms with Crippen molar-refractivity contribution in [3.05, 3.63) is 34.9 Å². The molecular weight excluding hydrogens is 248 g/mol. The van der Waals surface area contributed by atoms with E-state index in [1.165, 1.54) is 20.3 Å². The Kier molecular flexibility index (Phi) is 5.11. The van der Waals surface area contributed by atoms with E-state index < -0.39 is 5.97 Å². The largest absolute Gasteiger partial charge is 0.507 e. The molecule has 0 bridgehead atoms. The minimum atomic E-state index is -0.627. The van der Waals surface area contributed by atoms with Gasteiger partial charge in [-0.2, -0.15) is 0 Å². The molecule has 0 aliphatic heterocycles. The van der Waals surface area contributed by atoms with Crippen molar-refractivity contribution in [1.82, 2.24) is 0 Å². The van der Waals surface area contributed by atoms with Gasteiger partial charge in [-0.3, -0.25) is 4.79 Å². The number of hydrogen-bond donors (Lipinski definition) is 1. The molecule has 0 amide bonds. The Morgan fingerprint density at radius 1 is 1.37 bits per heavy atom. The second kappa shape index (κ2) is 6.58. The molecule has 0 unspecified atom stereocenters. The first-order valence-electron chi connectivity index (χ1n) is 5.64. The van der Waals surface area contributed by atoms with Crippen molar-refractivity contribution in [2.24, 2.45) is 0 Å². The summed E-state index contributed by atoms with van der Waals surface area (Å²) in [5.74, 6) is -0.376. The standard InChI is InChI=1S/C14H16O5/c1-9(8-15)4-5-10-12(18-2)7-6-11(13(10)16)14(17)19-3/h4,6-8,16H,5H2,1-3H3/b9-4+. The summed E-state index contributed by atoms with van der Waals surface area (Å²) in [6.45, 7) is 1.65. The number of hydrogen-bond acceptors (Lipinski definition) is 5. The summed E-state index contributed by atoms with van der Waals surface area (Å²) in [6.07, 6.45) is 2.64. The maximum Gasteiger partial charge on any atom is 0.341 e. The first kappa shape index (κ1) is 14.8. The number of allylic oxidation sites excluding steroid dienone is 2. The minimum absolute atomic E-state index is 0.0652. The van der Waals surface area contributed by atoms with Crippen LogP contribution in [0.3, 0.4) is 0 Å². The minimum Gasteiger partial charge on any atom is -0.507 e. The fourth-order valence-corrected chi connectivity index (χ4v) is 1.59. The number of carbonyl (C=O) groups is 2. The molecule has 5 nitrogen and oxygen atoms in total. The van der Waals surface area contributed by atoms with Gasteiger partial charge in [0.1, 0.15) is 23.3 Å². The average molecular weight is 264 g/mol. The van der Waals surface area contributed by atoms with Crippen molar-refractivity contribution in [2.45, 2.75) is 13.3 Å². The molecule has 0 saturated heterocycles. The van der Waals surface area contributed by atoms with Gasteiger partial charge in [0.15, 0.2) is 0 Å². The average Bonchev–Trinajstić information content (AvgIpc) is 2.44. The SMILES string of the molecule is COC(=O)c1ccc(OC)c(C/C=C(\C)C=O)c1O. The number of rotatable bonds is 5. The van der Waals surface area contributed by atoms with E-state index in [1.54, 1.807) is 19.1 Å². The molecule has 0 heterocycles. The van der Waals surface area contributed by atoms with Crippen LogP contribution in [0.1, 0.15) is 22.8 Å². The highest BCUT2D eigenvalue weighted by Gasteiger charge is 2.18. The first-order chi connectivity index (χ1) is 9.04. The number of phenols is 1. The summed E-state index contributed by atoms with van der Waals surface area (Å²) in [6, 6.07) is 3.01. The summed E-state index contributed by atoms with van der Waals surface area (Å²) in [5.41, 5.74) is 1.03. The van der Waals surface area contributed by atoms with Gasteiger partial charge in [0.25, 0.3) is 0 Å². The van der Waals surface area contributed by atoms with E-state index in [4.69, 9.17) is 4.74 Å². The van der Waals surface area contributed by atoms with Gasteiger partial charge in [0, 0.05) is 5.56 Å². The number of aldehydes is 1. The number of benzene rings is 1. The van der Waals surface area contributed by atoms with E-state index in [0.29, 0.717) is 23.2 Å². The van der Waals surface area contributed by atoms with Crippen molar-refractivity contribution in [2.75, 3.05) is 14.2 Å². The second-order valence-electron chi connectivity index (χ2n) is 3.90. The van der Waals surface area contributed by atoms with Crippen molar-refractivity contribution >= 4 is 12.3 Å². The summed E-state index contributed by atoms with van der Waals surface area (Å²) in [4.78, 5) is 22.0. The number of esters is 1. The van der Waals surface area contributed by atoms with Crippen molar-refractivity contribution in [3.8, 4) is 11.5 Å². The number of phenolic OH excluding ortho intramolecular Hbond substituents is 1. The maximum atomic E-state index is 11.5. The summed E-state index contributed by atoms with van der Waals surface area (Å²) < 4.78 is 9.71. The Labute approximate surface area is 111 Å². The highest BCUT2D eigenvalue weighted by atomic mass is 16.5. The van der Waals surface area contributed by atoms with Gasteiger partial charge in [0.05, 0.1) is 14.2 Å². The molecule has 1 aromatic rings. The van der Waals surface area contributed by atoms with Crippen molar-refractivity contribution in [3.63, 3.8) is 0 Å². The lowest BCUT2D eigenvalue weighted by Crippen LogP contribution is -2.04. The Balaban J connectivity index is 3.25. The third-order valence-corrected chi connectivity index (χ3v) is 2.68. The zero-order valence-corrected chi connectivity index (χ0v) is 11.1. The zero-order chi connectivity index (χ0) is 14.4. The molecule has 0 aliphatic carbocycles. The molecule has 1 N–H and O–H groups in total. The van der Waals surface area contributed by atoms with Gasteiger partial charge in [-0.15, -0.1) is 0 Å². The van der Waals surface area contributed by atoms with Gasteiger partial charge >= 0.3 is 5.97 Å². The molecule has 5 heteroatoms. The second-order valence-corrected chi connectivity index (χ2v) is 3.90. The smallest absolute Gasteiger partial charge is 0.341 e. The van der Waals surface area contributed by atoms with E-state index in [2.05, 4.69) is 4.74 Å². The summed E-state index contributed by atoms with van der Waals surface area (Å²) in [5, 5.41) is 10.1. The monoisotopic (exact) mass is 264 g/mol. The Morgan fingerprint density at radius 3 is 2.58 bits per heavy atom. The predicted octanol–water partition coefficient (Wildman–Crippen LogP) is 1.88. The third kappa shape index (κ3) is 3.34. The number of ether oxygens (including phenoxy) is 2. The van der Waals surface area contributed by atoms with Gasteiger partial charge in [-0.25, -0.2) is 4.79 Å². The van der Waals surface area contributed by atoms with Crippen LogP contribution in [0.4, 0.5) is 0 Å². The van der Waals surface area contributed by atoms with E-state index >= 15 is 0 Å². The number of methoxy groups -OCH3 is 2. The predicted molar refractivity (Wildman–Crippen MR) is 69.5 cm³/mol. The van der Waals surface area contributed by atoms with Crippen LogP contribution in [0.2, 0.25) is 0 Å². The normalized spacial score (nSPS) is 11.0. The Bertz CT molecular complexity index is 517. The molecule has 0 aliphatic rings. The van der Waals surface area contributed by atoms with Crippen LogP contribution in [0.5, 0.6) is 11.5 Å². The van der Waals surface area contributed by atoms with Crippen LogP contribution in [0, 0.1) is 0 Å². The lowest BCUT2D eigenvalue weighted by molar-refractivity contribution is -0.104. The Morgan fingerprint density at radius 2 is 2.05 bits per heavy atom. The molecule has 1 rings (SSSR count). The lowest BCUT2D eigenvalue weighted by Gasteiger charge is -2.12. The summed E-state index contributed by atoms with van der Waals surface area (Å²) >= 11 is 0. The molecular formula is C14H16O5. The van der Waals surface area contributed by atoms with Crippen molar-refractivity contribution in [1.29, 1.82) is 0 Å². The van der Waals surface area contributed by atoms with Crippen LogP contribution in [0.25, 0.3) is 0 Å². The first-order valence-corrected chi connectivity index (χ1v) is 5.64. The van der Waals surface area contributed by atoms with Gasteiger partial charge in [-0.05, 0) is 31.1 Å². The van der Waals surface area contributed by atoms with Gasteiger partial charge < -0.3 is 14.6 Å². The van der Waals surface area contributed by atoms with Crippen LogP contribution in [-0.4, -0.2) is 31.6 Å². The van der Waals surface area contributed by atoms with Crippen LogP contribution >= 0.6 is 0 Å². The van der Waals surface area contributed by atoms with Crippen LogP contribution < -0.4 is 4.74 Å². The summed E-state index contributed by atoms with van der Waals surface area (Å²) in [7, 11) is 2.70. The molecule has 0 aromatic heterocycles. The molecule has 0 radical (unpaired) electrons. The number of carbonyl (C=O) groups excluding carboxylic acids is 2. The third-order valence-electron chi connectivity index (χ3n) is 2.68. The van der Waals surface area contributed by atoms with E-state index in [1.807, 2.05) is 0 Å². The van der Waals surface area contributed by atoms with Crippen LogP contribution in [0.15, 0.2) is 23.8 Å². The quantitative estimate of drug-likeness (QED) is 0.499. The molecule has 19 heavy (non-hydrogen) atoms. The fourth-order valence-electron chi connectivity index (χ4n) is 1.59. The topological polar surface area (TPSA) is 72.8 Å². The van der Waals surface area contributed by atoms with E-state index in [-0.39, 0.29) is 17.7 Å². The van der Waals surface area contributed by atoms with Gasteiger partial charge in [0.2, 0.25) is 0 Å². The number of aromatic hydroxyl groups is 1. The lowest BCUT2D eigenvalue weighted by atomic mass is 10.0. The molecule has 0 atom stereocenters. The molecule has 1 aromatic carbocycles. The fraction of sp³-hybridized carbons (Fsp3) is 0.286. The molecule has 0 fully saturated rings. The molecule has 102 valence electrons. The van der Waals surface area contributed by atoms with Gasteiger partial charge in [-0.1, -0.05) is 6.08 Å². The molecule has 0 saturated carbocycles. The highest BCUT2D eigenvalue weighted by Crippen LogP contribution is 2.32. The molecule has 0 spiro atoms.